The first kappa shape index (κ1) is 23.8. The summed E-state index contributed by atoms with van der Waals surface area (Å²) in [4.78, 5) is 27.1. The monoisotopic (exact) mass is 487 g/mol. The SMILES string of the molecule is COC(=O)CC1c2cc(OC)c(OC)cc2CCN1C(=O)/C=C/c1cc(Cl)c2c(c1)OCCO2. The van der Waals surface area contributed by atoms with Gasteiger partial charge in [0.25, 0.3) is 0 Å². The molecule has 8 nitrogen and oxygen atoms in total. The molecule has 0 spiro atoms. The first-order valence-corrected chi connectivity index (χ1v) is 11.2. The molecule has 0 fully saturated rings. The summed E-state index contributed by atoms with van der Waals surface area (Å²) in [6.07, 6.45) is 3.78. The van der Waals surface area contributed by atoms with Crippen LogP contribution in [-0.2, 0) is 20.7 Å². The maximum absolute atomic E-state index is 13.3. The zero-order valence-corrected chi connectivity index (χ0v) is 20.0. The third-order valence-electron chi connectivity index (χ3n) is 5.91. The molecule has 0 aromatic heterocycles. The lowest BCUT2D eigenvalue weighted by atomic mass is 9.90. The first-order valence-electron chi connectivity index (χ1n) is 10.8. The molecule has 9 heteroatoms. The third-order valence-corrected chi connectivity index (χ3v) is 6.19. The standard InChI is InChI=1S/C25H26ClNO7/c1-30-20-12-16-6-7-27(19(14-24(29)32-3)17(16)13-21(20)31-2)23(28)5-4-15-10-18(26)25-22(11-15)33-8-9-34-25/h4-5,10-13,19H,6-9,14H2,1-3H3/b5-4+. The number of nitrogens with zero attached hydrogens (tertiary/aromatic N) is 1. The molecule has 2 aromatic rings. The van der Waals surface area contributed by atoms with Crippen LogP contribution in [0.1, 0.15) is 29.2 Å². The van der Waals surface area contributed by atoms with Crippen molar-refractivity contribution < 1.29 is 33.3 Å². The van der Waals surface area contributed by atoms with Gasteiger partial charge in [-0.3, -0.25) is 9.59 Å². The second kappa shape index (κ2) is 10.3. The van der Waals surface area contributed by atoms with Crippen molar-refractivity contribution in [1.29, 1.82) is 0 Å². The van der Waals surface area contributed by atoms with Gasteiger partial charge in [0.2, 0.25) is 5.91 Å². The lowest BCUT2D eigenvalue weighted by molar-refractivity contribution is -0.143. The molecule has 2 aliphatic heterocycles. The van der Waals surface area contributed by atoms with E-state index in [4.69, 9.17) is 35.3 Å². The minimum atomic E-state index is -0.503. The van der Waals surface area contributed by atoms with Crippen molar-refractivity contribution in [2.45, 2.75) is 18.9 Å². The Morgan fingerprint density at radius 3 is 2.56 bits per heavy atom. The summed E-state index contributed by atoms with van der Waals surface area (Å²) in [5, 5.41) is 0.417. The van der Waals surface area contributed by atoms with Crippen LogP contribution in [0.5, 0.6) is 23.0 Å². The van der Waals surface area contributed by atoms with Crippen molar-refractivity contribution in [3.63, 3.8) is 0 Å². The number of carbonyl (C=O) groups is 2. The average molecular weight is 488 g/mol. The van der Waals surface area contributed by atoms with E-state index in [0.717, 1.165) is 11.1 Å². The Hall–Kier alpha value is -3.39. The lowest BCUT2D eigenvalue weighted by Crippen LogP contribution is -2.40. The quantitative estimate of drug-likeness (QED) is 0.452. The van der Waals surface area contributed by atoms with Crippen molar-refractivity contribution in [1.82, 2.24) is 4.90 Å². The Balaban J connectivity index is 1.63. The molecule has 2 aromatic carbocycles. The van der Waals surface area contributed by atoms with Crippen LogP contribution in [0.2, 0.25) is 5.02 Å². The summed E-state index contributed by atoms with van der Waals surface area (Å²) in [5.74, 6) is 1.54. The highest BCUT2D eigenvalue weighted by molar-refractivity contribution is 6.32. The van der Waals surface area contributed by atoms with Gasteiger partial charge in [0.1, 0.15) is 13.2 Å². The van der Waals surface area contributed by atoms with E-state index in [-0.39, 0.29) is 12.3 Å². The fourth-order valence-corrected chi connectivity index (χ4v) is 4.52. The Labute approximate surface area is 202 Å². The lowest BCUT2D eigenvalue weighted by Gasteiger charge is -2.36. The van der Waals surface area contributed by atoms with Gasteiger partial charge in [0.05, 0.1) is 38.8 Å². The summed E-state index contributed by atoms with van der Waals surface area (Å²) >= 11 is 6.31. The summed E-state index contributed by atoms with van der Waals surface area (Å²) < 4.78 is 26.9. The normalized spacial score (nSPS) is 16.7. The van der Waals surface area contributed by atoms with Crippen LogP contribution < -0.4 is 18.9 Å². The second-order valence-corrected chi connectivity index (χ2v) is 8.25. The molecule has 0 N–H and O–H groups in total. The Kier molecular flexibility index (Phi) is 7.17. The summed E-state index contributed by atoms with van der Waals surface area (Å²) in [5.41, 5.74) is 2.53. The number of ether oxygens (including phenoxy) is 5. The predicted octanol–water partition coefficient (Wildman–Crippen LogP) is 3.83. The minimum absolute atomic E-state index is 0.0222. The maximum atomic E-state index is 13.3. The topological polar surface area (TPSA) is 83.5 Å². The molecule has 0 aliphatic carbocycles. The van der Waals surface area contributed by atoms with Crippen LogP contribution in [-0.4, -0.2) is 57.9 Å². The number of carbonyl (C=O) groups excluding carboxylic acids is 2. The number of methoxy groups -OCH3 is 3. The van der Waals surface area contributed by atoms with E-state index in [1.807, 2.05) is 12.1 Å². The van der Waals surface area contributed by atoms with Gasteiger partial charge in [0.15, 0.2) is 23.0 Å². The van der Waals surface area contributed by atoms with Crippen molar-refractivity contribution in [2.24, 2.45) is 0 Å². The molecule has 0 saturated heterocycles. The summed E-state index contributed by atoms with van der Waals surface area (Å²) in [6, 6.07) is 6.71. The molecule has 180 valence electrons. The molecular weight excluding hydrogens is 462 g/mol. The fraction of sp³-hybridized carbons (Fsp3) is 0.360. The number of esters is 1. The zero-order chi connectivity index (χ0) is 24.2. The van der Waals surface area contributed by atoms with Gasteiger partial charge < -0.3 is 28.6 Å². The Morgan fingerprint density at radius 1 is 1.09 bits per heavy atom. The number of fused-ring (bicyclic) bond motifs is 2. The average Bonchev–Trinajstić information content (AvgIpc) is 2.86. The van der Waals surface area contributed by atoms with Crippen molar-refractivity contribution in [3.05, 3.63) is 52.1 Å². The zero-order valence-electron chi connectivity index (χ0n) is 19.3. The number of hydrogen-bond acceptors (Lipinski definition) is 7. The highest BCUT2D eigenvalue weighted by Gasteiger charge is 2.33. The summed E-state index contributed by atoms with van der Waals surface area (Å²) in [6.45, 7) is 1.32. The van der Waals surface area contributed by atoms with Crippen LogP contribution in [0.4, 0.5) is 0 Å². The minimum Gasteiger partial charge on any atom is -0.493 e. The van der Waals surface area contributed by atoms with Crippen LogP contribution in [0.25, 0.3) is 6.08 Å². The van der Waals surface area contributed by atoms with Crippen LogP contribution in [0.15, 0.2) is 30.3 Å². The van der Waals surface area contributed by atoms with Crippen molar-refractivity contribution in [2.75, 3.05) is 41.1 Å². The molecule has 1 atom stereocenters. The van der Waals surface area contributed by atoms with Crippen LogP contribution in [0.3, 0.4) is 0 Å². The summed E-state index contributed by atoms with van der Waals surface area (Å²) in [7, 11) is 4.45. The van der Waals surface area contributed by atoms with Crippen molar-refractivity contribution >= 4 is 29.6 Å². The van der Waals surface area contributed by atoms with E-state index in [9.17, 15) is 9.59 Å². The number of hydrogen-bond donors (Lipinski definition) is 0. The molecule has 0 radical (unpaired) electrons. The molecule has 1 unspecified atom stereocenters. The number of amides is 1. The highest BCUT2D eigenvalue weighted by atomic mass is 35.5. The van der Waals surface area contributed by atoms with Gasteiger partial charge in [-0.2, -0.15) is 0 Å². The van der Waals surface area contributed by atoms with Gasteiger partial charge in [-0.15, -0.1) is 0 Å². The molecular formula is C25H26ClNO7. The Bertz CT molecular complexity index is 1130. The van der Waals surface area contributed by atoms with E-state index >= 15 is 0 Å². The Morgan fingerprint density at radius 2 is 1.82 bits per heavy atom. The van der Waals surface area contributed by atoms with E-state index in [1.165, 1.54) is 13.2 Å². The van der Waals surface area contributed by atoms with Gasteiger partial charge in [-0.05, 0) is 53.5 Å². The number of benzene rings is 2. The molecule has 2 heterocycles. The molecule has 0 saturated carbocycles. The second-order valence-electron chi connectivity index (χ2n) is 7.84. The van der Waals surface area contributed by atoms with Gasteiger partial charge in [0, 0.05) is 12.6 Å². The first-order chi connectivity index (χ1) is 16.4. The predicted molar refractivity (Wildman–Crippen MR) is 126 cm³/mol. The third kappa shape index (κ3) is 4.77. The van der Waals surface area contributed by atoms with E-state index in [1.54, 1.807) is 37.3 Å². The van der Waals surface area contributed by atoms with Crippen LogP contribution >= 0.6 is 11.6 Å². The van der Waals surface area contributed by atoms with E-state index < -0.39 is 12.0 Å². The molecule has 4 rings (SSSR count). The van der Waals surface area contributed by atoms with Gasteiger partial charge >= 0.3 is 5.97 Å². The number of halogens is 1. The van der Waals surface area contributed by atoms with Gasteiger partial charge in [-0.25, -0.2) is 0 Å². The fourth-order valence-electron chi connectivity index (χ4n) is 4.24. The van der Waals surface area contributed by atoms with Crippen molar-refractivity contribution in [3.8, 4) is 23.0 Å². The smallest absolute Gasteiger partial charge is 0.307 e. The maximum Gasteiger partial charge on any atom is 0.307 e. The largest absolute Gasteiger partial charge is 0.493 e. The van der Waals surface area contributed by atoms with E-state index in [2.05, 4.69) is 0 Å². The molecule has 2 aliphatic rings. The van der Waals surface area contributed by atoms with E-state index in [0.29, 0.717) is 59.8 Å². The van der Waals surface area contributed by atoms with Crippen LogP contribution in [0, 0.1) is 0 Å². The molecule has 1 amide bonds. The van der Waals surface area contributed by atoms with Gasteiger partial charge in [-0.1, -0.05) is 11.6 Å². The molecule has 34 heavy (non-hydrogen) atoms. The number of rotatable bonds is 6. The highest BCUT2D eigenvalue weighted by Crippen LogP contribution is 2.40. The molecule has 0 bridgehead atoms.